The number of aryl methyl sites for hydroxylation is 2. The molecule has 0 aliphatic heterocycles. The Morgan fingerprint density at radius 3 is 2.78 bits per heavy atom. The first kappa shape index (κ1) is 15.6. The molecule has 120 valence electrons. The van der Waals surface area contributed by atoms with Crippen molar-refractivity contribution < 1.29 is 9.53 Å². The van der Waals surface area contributed by atoms with Crippen LogP contribution >= 0.6 is 0 Å². The number of nitrogens with one attached hydrogen (secondary N) is 1. The second kappa shape index (κ2) is 7.32. The Morgan fingerprint density at radius 1 is 1.17 bits per heavy atom. The van der Waals surface area contributed by atoms with Gasteiger partial charge in [-0.2, -0.15) is 0 Å². The summed E-state index contributed by atoms with van der Waals surface area (Å²) in [6.07, 6.45) is 3.63. The van der Waals surface area contributed by atoms with E-state index >= 15 is 0 Å². The summed E-state index contributed by atoms with van der Waals surface area (Å²) in [7, 11) is 0. The molecule has 0 bridgehead atoms. The molecule has 1 aliphatic carbocycles. The standard InChI is InChI=1S/C20H23NO2/c1-15-9-11-17(12-10-15)23-14-13-20(22)21-19-8-4-6-16-5-2-3-7-18(16)19/h2-3,5,7,9-12,19H,4,6,8,13-14H2,1H3,(H,21,22). The summed E-state index contributed by atoms with van der Waals surface area (Å²) in [6.45, 7) is 2.45. The molecule has 0 heterocycles. The second-order valence-corrected chi connectivity index (χ2v) is 6.12. The van der Waals surface area contributed by atoms with E-state index < -0.39 is 0 Å². The molecule has 0 saturated carbocycles. The number of fused-ring (bicyclic) bond motifs is 1. The van der Waals surface area contributed by atoms with E-state index in [1.807, 2.05) is 37.3 Å². The highest BCUT2D eigenvalue weighted by molar-refractivity contribution is 5.76. The molecule has 0 saturated heterocycles. The molecule has 0 spiro atoms. The summed E-state index contributed by atoms with van der Waals surface area (Å²) >= 11 is 0. The fourth-order valence-electron chi connectivity index (χ4n) is 3.07. The molecule has 1 aliphatic rings. The summed E-state index contributed by atoms with van der Waals surface area (Å²) in [4.78, 5) is 12.2. The van der Waals surface area contributed by atoms with Gasteiger partial charge in [-0.25, -0.2) is 0 Å². The normalized spacial score (nSPS) is 16.5. The van der Waals surface area contributed by atoms with Gasteiger partial charge in [0.25, 0.3) is 0 Å². The fraction of sp³-hybridized carbons (Fsp3) is 0.350. The topological polar surface area (TPSA) is 38.3 Å². The van der Waals surface area contributed by atoms with E-state index in [1.54, 1.807) is 0 Å². The number of amides is 1. The van der Waals surface area contributed by atoms with Gasteiger partial charge < -0.3 is 10.1 Å². The Kier molecular flexibility index (Phi) is 4.96. The predicted octanol–water partition coefficient (Wildman–Crippen LogP) is 3.96. The van der Waals surface area contributed by atoms with Crippen LogP contribution in [-0.4, -0.2) is 12.5 Å². The number of carbonyl (C=O) groups is 1. The van der Waals surface area contributed by atoms with Crippen LogP contribution in [0.4, 0.5) is 0 Å². The molecule has 2 aromatic carbocycles. The van der Waals surface area contributed by atoms with E-state index in [2.05, 4.69) is 23.5 Å². The van der Waals surface area contributed by atoms with Crippen LogP contribution in [0.15, 0.2) is 48.5 Å². The van der Waals surface area contributed by atoms with Gasteiger partial charge in [0.15, 0.2) is 0 Å². The summed E-state index contributed by atoms with van der Waals surface area (Å²) in [5, 5.41) is 3.15. The summed E-state index contributed by atoms with van der Waals surface area (Å²) in [5.74, 6) is 0.866. The summed E-state index contributed by atoms with van der Waals surface area (Å²) in [5.41, 5.74) is 3.83. The largest absolute Gasteiger partial charge is 0.493 e. The number of carbonyl (C=O) groups excluding carboxylic acids is 1. The van der Waals surface area contributed by atoms with Crippen LogP contribution in [0, 0.1) is 6.92 Å². The van der Waals surface area contributed by atoms with Crippen LogP contribution in [0.3, 0.4) is 0 Å². The predicted molar refractivity (Wildman–Crippen MR) is 91.6 cm³/mol. The Labute approximate surface area is 137 Å². The minimum Gasteiger partial charge on any atom is -0.493 e. The monoisotopic (exact) mass is 309 g/mol. The lowest BCUT2D eigenvalue weighted by Gasteiger charge is -2.26. The molecule has 0 radical (unpaired) electrons. The number of rotatable bonds is 5. The van der Waals surface area contributed by atoms with E-state index in [0.29, 0.717) is 13.0 Å². The lowest BCUT2D eigenvalue weighted by atomic mass is 9.88. The van der Waals surface area contributed by atoms with Gasteiger partial charge in [-0.3, -0.25) is 4.79 Å². The van der Waals surface area contributed by atoms with Crippen molar-refractivity contribution in [1.29, 1.82) is 0 Å². The van der Waals surface area contributed by atoms with Gasteiger partial charge in [-0.15, -0.1) is 0 Å². The van der Waals surface area contributed by atoms with Crippen LogP contribution in [-0.2, 0) is 11.2 Å². The van der Waals surface area contributed by atoms with E-state index in [-0.39, 0.29) is 11.9 Å². The molecule has 1 amide bonds. The molecular weight excluding hydrogens is 286 g/mol. The minimum absolute atomic E-state index is 0.0545. The maximum Gasteiger partial charge on any atom is 0.223 e. The average Bonchev–Trinajstić information content (AvgIpc) is 2.57. The van der Waals surface area contributed by atoms with Gasteiger partial charge in [-0.1, -0.05) is 42.0 Å². The molecule has 1 atom stereocenters. The molecule has 3 heteroatoms. The van der Waals surface area contributed by atoms with E-state index in [4.69, 9.17) is 4.74 Å². The van der Waals surface area contributed by atoms with Gasteiger partial charge in [0.05, 0.1) is 19.1 Å². The fourth-order valence-corrected chi connectivity index (χ4v) is 3.07. The van der Waals surface area contributed by atoms with Gasteiger partial charge in [0.1, 0.15) is 5.75 Å². The van der Waals surface area contributed by atoms with Crippen LogP contribution in [0.1, 0.15) is 42.0 Å². The van der Waals surface area contributed by atoms with Crippen molar-refractivity contribution >= 4 is 5.91 Å². The molecule has 2 aromatic rings. The Balaban J connectivity index is 1.49. The zero-order valence-electron chi connectivity index (χ0n) is 13.5. The molecule has 0 aromatic heterocycles. The van der Waals surface area contributed by atoms with Crippen molar-refractivity contribution in [2.45, 2.75) is 38.6 Å². The van der Waals surface area contributed by atoms with Crippen LogP contribution in [0.2, 0.25) is 0 Å². The number of hydrogen-bond donors (Lipinski definition) is 1. The highest BCUT2D eigenvalue weighted by atomic mass is 16.5. The zero-order chi connectivity index (χ0) is 16.1. The molecule has 0 fully saturated rings. The lowest BCUT2D eigenvalue weighted by Crippen LogP contribution is -2.31. The highest BCUT2D eigenvalue weighted by Gasteiger charge is 2.21. The molecule has 3 nitrogen and oxygen atoms in total. The number of hydrogen-bond acceptors (Lipinski definition) is 2. The average molecular weight is 309 g/mol. The van der Waals surface area contributed by atoms with Crippen molar-refractivity contribution in [2.75, 3.05) is 6.61 Å². The number of ether oxygens (including phenoxy) is 1. The molecular formula is C20H23NO2. The van der Waals surface area contributed by atoms with E-state index in [0.717, 1.165) is 25.0 Å². The van der Waals surface area contributed by atoms with Crippen molar-refractivity contribution in [3.8, 4) is 5.75 Å². The SMILES string of the molecule is Cc1ccc(OCCC(=O)NC2CCCc3ccccc32)cc1. The van der Waals surface area contributed by atoms with Crippen molar-refractivity contribution in [2.24, 2.45) is 0 Å². The Hall–Kier alpha value is -2.29. The van der Waals surface area contributed by atoms with Crippen LogP contribution in [0.5, 0.6) is 5.75 Å². The molecule has 1 N–H and O–H groups in total. The first-order valence-electron chi connectivity index (χ1n) is 8.29. The quantitative estimate of drug-likeness (QED) is 0.908. The first-order chi connectivity index (χ1) is 11.2. The van der Waals surface area contributed by atoms with Crippen LogP contribution < -0.4 is 10.1 Å². The Morgan fingerprint density at radius 2 is 1.96 bits per heavy atom. The maximum absolute atomic E-state index is 12.2. The highest BCUT2D eigenvalue weighted by Crippen LogP contribution is 2.29. The Bertz CT molecular complexity index is 664. The minimum atomic E-state index is 0.0545. The third-order valence-electron chi connectivity index (χ3n) is 4.32. The van der Waals surface area contributed by atoms with Crippen LogP contribution in [0.25, 0.3) is 0 Å². The first-order valence-corrected chi connectivity index (χ1v) is 8.29. The third-order valence-corrected chi connectivity index (χ3v) is 4.32. The maximum atomic E-state index is 12.2. The summed E-state index contributed by atoms with van der Waals surface area (Å²) < 4.78 is 5.63. The van der Waals surface area contributed by atoms with Crippen molar-refractivity contribution in [1.82, 2.24) is 5.32 Å². The third kappa shape index (κ3) is 4.13. The van der Waals surface area contributed by atoms with Crippen molar-refractivity contribution in [3.05, 3.63) is 65.2 Å². The lowest BCUT2D eigenvalue weighted by molar-refractivity contribution is -0.122. The molecule has 23 heavy (non-hydrogen) atoms. The smallest absolute Gasteiger partial charge is 0.223 e. The summed E-state index contributed by atoms with van der Waals surface area (Å²) in [6, 6.07) is 16.4. The van der Waals surface area contributed by atoms with E-state index in [9.17, 15) is 4.79 Å². The van der Waals surface area contributed by atoms with Gasteiger partial charge in [0, 0.05) is 0 Å². The van der Waals surface area contributed by atoms with E-state index in [1.165, 1.54) is 16.7 Å². The molecule has 1 unspecified atom stereocenters. The zero-order valence-corrected chi connectivity index (χ0v) is 13.5. The number of benzene rings is 2. The molecule has 3 rings (SSSR count). The van der Waals surface area contributed by atoms with Gasteiger partial charge in [-0.05, 0) is 49.4 Å². The van der Waals surface area contributed by atoms with Crippen molar-refractivity contribution in [3.63, 3.8) is 0 Å². The van der Waals surface area contributed by atoms with Gasteiger partial charge in [0.2, 0.25) is 5.91 Å². The van der Waals surface area contributed by atoms with Gasteiger partial charge >= 0.3 is 0 Å². The second-order valence-electron chi connectivity index (χ2n) is 6.12.